The molecule has 1 rings (SSSR count). The highest BCUT2D eigenvalue weighted by atomic mass is 14.5. The first-order valence-electron chi connectivity index (χ1n) is 5.04. The van der Waals surface area contributed by atoms with Gasteiger partial charge in [0.1, 0.15) is 0 Å². The number of hydrogen-bond donors (Lipinski definition) is 1. The summed E-state index contributed by atoms with van der Waals surface area (Å²) in [4.78, 5) is 0. The maximum atomic E-state index is 5.65. The van der Waals surface area contributed by atoms with Gasteiger partial charge >= 0.3 is 0 Å². The van der Waals surface area contributed by atoms with Gasteiger partial charge in [-0.25, -0.2) is 0 Å². The summed E-state index contributed by atoms with van der Waals surface area (Å²) in [6.45, 7) is 3.18. The zero-order valence-electron chi connectivity index (χ0n) is 7.68. The molecule has 1 atom stereocenters. The van der Waals surface area contributed by atoms with Gasteiger partial charge in [0, 0.05) is 0 Å². The Hall–Kier alpha value is -0.0400. The Morgan fingerprint density at radius 3 is 2.18 bits per heavy atom. The Bertz CT molecular complexity index is 93.0. The van der Waals surface area contributed by atoms with Crippen molar-refractivity contribution < 1.29 is 0 Å². The molecule has 2 N–H and O–H groups in total. The van der Waals surface area contributed by atoms with Gasteiger partial charge < -0.3 is 5.73 Å². The van der Waals surface area contributed by atoms with Crippen LogP contribution >= 0.6 is 0 Å². The average molecular weight is 155 g/mol. The van der Waals surface area contributed by atoms with Crippen molar-refractivity contribution in [2.75, 3.05) is 6.54 Å². The standard InChI is InChI=1S/C10H21N/c1-9(8-11)10-6-4-2-3-5-7-10/h9-10H,2-8,11H2,1H3/t9-/m1/s1. The van der Waals surface area contributed by atoms with Crippen LogP contribution in [0.15, 0.2) is 0 Å². The summed E-state index contributed by atoms with van der Waals surface area (Å²) in [7, 11) is 0. The molecule has 11 heavy (non-hydrogen) atoms. The van der Waals surface area contributed by atoms with Gasteiger partial charge in [-0.05, 0) is 18.4 Å². The van der Waals surface area contributed by atoms with Gasteiger partial charge in [0.2, 0.25) is 0 Å². The quantitative estimate of drug-likeness (QED) is 0.609. The molecule has 0 unspecified atom stereocenters. The molecule has 0 bridgehead atoms. The summed E-state index contributed by atoms with van der Waals surface area (Å²) < 4.78 is 0. The van der Waals surface area contributed by atoms with Crippen LogP contribution in [-0.2, 0) is 0 Å². The smallest absolute Gasteiger partial charge is 0.00489 e. The van der Waals surface area contributed by atoms with Gasteiger partial charge in [-0.3, -0.25) is 0 Å². The van der Waals surface area contributed by atoms with Gasteiger partial charge in [0.15, 0.2) is 0 Å². The minimum absolute atomic E-state index is 0.757. The normalized spacial score (nSPS) is 24.5. The predicted octanol–water partition coefficient (Wildman–Crippen LogP) is 2.55. The molecule has 66 valence electrons. The van der Waals surface area contributed by atoms with E-state index in [-0.39, 0.29) is 0 Å². The fourth-order valence-electron chi connectivity index (χ4n) is 2.07. The minimum Gasteiger partial charge on any atom is -0.330 e. The van der Waals surface area contributed by atoms with Gasteiger partial charge in [-0.1, -0.05) is 45.4 Å². The van der Waals surface area contributed by atoms with Gasteiger partial charge in [-0.15, -0.1) is 0 Å². The van der Waals surface area contributed by atoms with Crippen molar-refractivity contribution in [3.05, 3.63) is 0 Å². The van der Waals surface area contributed by atoms with Crippen LogP contribution in [-0.4, -0.2) is 6.54 Å². The van der Waals surface area contributed by atoms with Crippen LogP contribution in [0, 0.1) is 11.8 Å². The Kier molecular flexibility index (Phi) is 3.92. The van der Waals surface area contributed by atoms with Crippen molar-refractivity contribution in [1.29, 1.82) is 0 Å². The molecule has 0 amide bonds. The summed E-state index contributed by atoms with van der Waals surface area (Å²) in [6, 6.07) is 0. The fraction of sp³-hybridized carbons (Fsp3) is 1.00. The lowest BCUT2D eigenvalue weighted by Crippen LogP contribution is -2.20. The third-order valence-corrected chi connectivity index (χ3v) is 3.08. The topological polar surface area (TPSA) is 26.0 Å². The summed E-state index contributed by atoms with van der Waals surface area (Å²) in [5.41, 5.74) is 5.65. The Labute approximate surface area is 70.4 Å². The van der Waals surface area contributed by atoms with Crippen molar-refractivity contribution >= 4 is 0 Å². The first kappa shape index (κ1) is 9.05. The Morgan fingerprint density at radius 2 is 1.73 bits per heavy atom. The summed E-state index contributed by atoms with van der Waals surface area (Å²) in [6.07, 6.45) is 8.64. The highest BCUT2D eigenvalue weighted by Crippen LogP contribution is 2.28. The van der Waals surface area contributed by atoms with Crippen LogP contribution in [0.4, 0.5) is 0 Å². The van der Waals surface area contributed by atoms with E-state index in [2.05, 4.69) is 6.92 Å². The molecule has 0 aromatic rings. The van der Waals surface area contributed by atoms with Crippen molar-refractivity contribution in [3.63, 3.8) is 0 Å². The molecule has 0 aliphatic heterocycles. The van der Waals surface area contributed by atoms with E-state index in [4.69, 9.17) is 5.73 Å². The van der Waals surface area contributed by atoms with Crippen LogP contribution in [0.3, 0.4) is 0 Å². The molecule has 1 aliphatic carbocycles. The summed E-state index contributed by atoms with van der Waals surface area (Å²) >= 11 is 0. The van der Waals surface area contributed by atoms with E-state index >= 15 is 0 Å². The van der Waals surface area contributed by atoms with E-state index in [1.54, 1.807) is 0 Å². The van der Waals surface area contributed by atoms with Crippen LogP contribution < -0.4 is 5.73 Å². The Balaban J connectivity index is 2.30. The molecular weight excluding hydrogens is 134 g/mol. The molecule has 0 aromatic carbocycles. The van der Waals surface area contributed by atoms with E-state index in [0.717, 1.165) is 18.4 Å². The molecule has 0 saturated heterocycles. The first-order valence-corrected chi connectivity index (χ1v) is 5.04. The van der Waals surface area contributed by atoms with Gasteiger partial charge in [0.05, 0.1) is 0 Å². The lowest BCUT2D eigenvalue weighted by Gasteiger charge is -2.20. The molecular formula is C10H21N. The highest BCUT2D eigenvalue weighted by molar-refractivity contribution is 4.70. The van der Waals surface area contributed by atoms with Crippen LogP contribution in [0.25, 0.3) is 0 Å². The lowest BCUT2D eigenvalue weighted by atomic mass is 9.88. The van der Waals surface area contributed by atoms with Crippen molar-refractivity contribution in [2.45, 2.75) is 45.4 Å². The van der Waals surface area contributed by atoms with Gasteiger partial charge in [-0.2, -0.15) is 0 Å². The zero-order chi connectivity index (χ0) is 8.10. The number of hydrogen-bond acceptors (Lipinski definition) is 1. The largest absolute Gasteiger partial charge is 0.330 e. The SMILES string of the molecule is C[C@H](CN)C1CCCCCC1. The molecule has 1 fully saturated rings. The van der Waals surface area contributed by atoms with Crippen molar-refractivity contribution in [3.8, 4) is 0 Å². The summed E-state index contributed by atoms with van der Waals surface area (Å²) in [5.74, 6) is 1.69. The average Bonchev–Trinajstić information content (AvgIpc) is 2.30. The second kappa shape index (κ2) is 4.76. The number of nitrogens with two attached hydrogens (primary N) is 1. The van der Waals surface area contributed by atoms with E-state index < -0.39 is 0 Å². The second-order valence-electron chi connectivity index (χ2n) is 3.96. The van der Waals surface area contributed by atoms with Crippen molar-refractivity contribution in [1.82, 2.24) is 0 Å². The molecule has 1 heteroatoms. The fourth-order valence-corrected chi connectivity index (χ4v) is 2.07. The lowest BCUT2D eigenvalue weighted by molar-refractivity contribution is 0.327. The first-order chi connectivity index (χ1) is 5.34. The minimum atomic E-state index is 0.757. The molecule has 0 aromatic heterocycles. The third kappa shape index (κ3) is 2.82. The molecule has 1 nitrogen and oxygen atoms in total. The van der Waals surface area contributed by atoms with Crippen LogP contribution in [0.2, 0.25) is 0 Å². The predicted molar refractivity (Wildman–Crippen MR) is 49.4 cm³/mol. The molecule has 0 radical (unpaired) electrons. The van der Waals surface area contributed by atoms with E-state index in [1.165, 1.54) is 38.5 Å². The molecule has 1 aliphatic rings. The second-order valence-corrected chi connectivity index (χ2v) is 3.96. The monoisotopic (exact) mass is 155 g/mol. The molecule has 0 heterocycles. The van der Waals surface area contributed by atoms with Crippen LogP contribution in [0.1, 0.15) is 45.4 Å². The van der Waals surface area contributed by atoms with Gasteiger partial charge in [0.25, 0.3) is 0 Å². The third-order valence-electron chi connectivity index (χ3n) is 3.08. The molecule has 0 spiro atoms. The van der Waals surface area contributed by atoms with Crippen molar-refractivity contribution in [2.24, 2.45) is 17.6 Å². The van der Waals surface area contributed by atoms with E-state index in [0.29, 0.717) is 0 Å². The number of rotatable bonds is 2. The van der Waals surface area contributed by atoms with E-state index in [9.17, 15) is 0 Å². The maximum Gasteiger partial charge on any atom is -0.00489 e. The van der Waals surface area contributed by atoms with E-state index in [1.807, 2.05) is 0 Å². The highest BCUT2D eigenvalue weighted by Gasteiger charge is 2.17. The molecule has 1 saturated carbocycles. The van der Waals surface area contributed by atoms with Crippen LogP contribution in [0.5, 0.6) is 0 Å². The zero-order valence-corrected chi connectivity index (χ0v) is 7.68. The Morgan fingerprint density at radius 1 is 1.18 bits per heavy atom. The summed E-state index contributed by atoms with van der Waals surface area (Å²) in [5, 5.41) is 0. The maximum absolute atomic E-state index is 5.65.